The first-order valence-electron chi connectivity index (χ1n) is 10.4. The highest BCUT2D eigenvalue weighted by atomic mass is 19.1. The fourth-order valence-electron chi connectivity index (χ4n) is 3.99. The number of carbonyl (C=O) groups is 1. The van der Waals surface area contributed by atoms with Crippen LogP contribution in [0, 0.1) is 5.82 Å². The zero-order chi connectivity index (χ0) is 21.8. The normalized spacial score (nSPS) is 17.0. The van der Waals surface area contributed by atoms with Crippen LogP contribution < -0.4 is 10.6 Å². The number of halogens is 1. The molecule has 1 fully saturated rings. The van der Waals surface area contributed by atoms with Crippen molar-refractivity contribution in [2.75, 3.05) is 11.4 Å². The van der Waals surface area contributed by atoms with Crippen LogP contribution in [0.4, 0.5) is 10.2 Å². The fraction of sp³-hybridized carbons (Fsp3) is 0.348. The van der Waals surface area contributed by atoms with Gasteiger partial charge in [0.2, 0.25) is 5.91 Å². The predicted octanol–water partition coefficient (Wildman–Crippen LogP) is 2.80. The number of carbonyl (C=O) groups excluding carboxylic acids is 1. The van der Waals surface area contributed by atoms with Gasteiger partial charge in [0.15, 0.2) is 0 Å². The van der Waals surface area contributed by atoms with Crippen molar-refractivity contribution in [1.82, 2.24) is 19.9 Å². The molecule has 7 nitrogen and oxygen atoms in total. The maximum Gasteiger partial charge on any atom is 0.240 e. The van der Waals surface area contributed by atoms with Crippen LogP contribution in [-0.2, 0) is 17.6 Å². The zero-order valence-corrected chi connectivity index (χ0v) is 17.4. The Morgan fingerprint density at radius 1 is 1.23 bits per heavy atom. The lowest BCUT2D eigenvalue weighted by Crippen LogP contribution is -2.41. The Balaban J connectivity index is 1.65. The maximum absolute atomic E-state index is 13.3. The minimum Gasteiger partial charge on any atom is -0.368 e. The highest BCUT2D eigenvalue weighted by Gasteiger charge is 2.30. The maximum atomic E-state index is 13.3. The van der Waals surface area contributed by atoms with Crippen molar-refractivity contribution in [3.63, 3.8) is 0 Å². The fourth-order valence-corrected chi connectivity index (χ4v) is 3.99. The van der Waals surface area contributed by atoms with E-state index in [1.54, 1.807) is 30.7 Å². The van der Waals surface area contributed by atoms with Gasteiger partial charge in [-0.15, -0.1) is 0 Å². The van der Waals surface area contributed by atoms with Crippen LogP contribution in [0.25, 0.3) is 0 Å². The molecule has 2 N–H and O–H groups in total. The smallest absolute Gasteiger partial charge is 0.240 e. The standard InChI is InChI=1S/C23H25FN6O/c1-15(16-4-6-17(24)7-5-16)11-21-28-18(12-19-14-26-8-9-27-19)13-22(29-21)30-10-2-3-20(30)23(25)31/h4-9,13-15,20H,2-3,10-12H2,1H3,(H2,25,31)/t15-,20+/m1/s1. The topological polar surface area (TPSA) is 97.9 Å². The van der Waals surface area contributed by atoms with Gasteiger partial charge in [-0.2, -0.15) is 0 Å². The van der Waals surface area contributed by atoms with E-state index in [4.69, 9.17) is 15.7 Å². The Kier molecular flexibility index (Phi) is 6.16. The number of hydrogen-bond donors (Lipinski definition) is 1. The second-order valence-electron chi connectivity index (χ2n) is 7.92. The van der Waals surface area contributed by atoms with Gasteiger partial charge in [0.25, 0.3) is 0 Å². The Hall–Kier alpha value is -3.42. The number of anilines is 1. The van der Waals surface area contributed by atoms with E-state index < -0.39 is 0 Å². The van der Waals surface area contributed by atoms with E-state index in [-0.39, 0.29) is 23.7 Å². The van der Waals surface area contributed by atoms with Gasteiger partial charge < -0.3 is 10.6 Å². The molecule has 1 aliphatic rings. The van der Waals surface area contributed by atoms with E-state index >= 15 is 0 Å². The number of primary amides is 1. The van der Waals surface area contributed by atoms with Gasteiger partial charge in [-0.05, 0) is 36.5 Å². The average Bonchev–Trinajstić information content (AvgIpc) is 3.25. The van der Waals surface area contributed by atoms with Gasteiger partial charge in [-0.25, -0.2) is 14.4 Å². The first-order chi connectivity index (χ1) is 15.0. The van der Waals surface area contributed by atoms with Crippen molar-refractivity contribution in [3.05, 3.63) is 77.5 Å². The summed E-state index contributed by atoms with van der Waals surface area (Å²) in [6, 6.07) is 8.04. The third kappa shape index (κ3) is 5.02. The highest BCUT2D eigenvalue weighted by molar-refractivity contribution is 5.83. The number of benzene rings is 1. The summed E-state index contributed by atoms with van der Waals surface area (Å²) in [5.41, 5.74) is 8.25. The minimum absolute atomic E-state index is 0.103. The molecule has 31 heavy (non-hydrogen) atoms. The number of amides is 1. The van der Waals surface area contributed by atoms with E-state index in [2.05, 4.69) is 16.9 Å². The van der Waals surface area contributed by atoms with Crippen LogP contribution in [-0.4, -0.2) is 38.4 Å². The van der Waals surface area contributed by atoms with E-state index in [0.717, 1.165) is 36.3 Å². The molecule has 0 radical (unpaired) electrons. The summed E-state index contributed by atoms with van der Waals surface area (Å²) >= 11 is 0. The van der Waals surface area contributed by atoms with Crippen LogP contribution in [0.5, 0.6) is 0 Å². The van der Waals surface area contributed by atoms with Crippen LogP contribution in [0.2, 0.25) is 0 Å². The quantitative estimate of drug-likeness (QED) is 0.631. The van der Waals surface area contributed by atoms with Crippen molar-refractivity contribution < 1.29 is 9.18 Å². The van der Waals surface area contributed by atoms with Gasteiger partial charge in [-0.1, -0.05) is 19.1 Å². The van der Waals surface area contributed by atoms with Crippen molar-refractivity contribution >= 4 is 11.7 Å². The molecule has 1 aromatic carbocycles. The van der Waals surface area contributed by atoms with E-state index in [1.807, 2.05) is 11.0 Å². The molecule has 8 heteroatoms. The first-order valence-corrected chi connectivity index (χ1v) is 10.4. The van der Waals surface area contributed by atoms with Gasteiger partial charge in [-0.3, -0.25) is 14.8 Å². The van der Waals surface area contributed by atoms with Crippen molar-refractivity contribution in [1.29, 1.82) is 0 Å². The van der Waals surface area contributed by atoms with E-state index in [0.29, 0.717) is 24.5 Å². The molecule has 0 saturated carbocycles. The van der Waals surface area contributed by atoms with Crippen LogP contribution in [0.15, 0.2) is 48.9 Å². The highest BCUT2D eigenvalue weighted by Crippen LogP contribution is 2.26. The molecule has 4 rings (SSSR count). The summed E-state index contributed by atoms with van der Waals surface area (Å²) in [6.07, 6.45) is 7.70. The van der Waals surface area contributed by atoms with Crippen LogP contribution in [0.1, 0.15) is 48.5 Å². The summed E-state index contributed by atoms with van der Waals surface area (Å²) in [5.74, 6) is 0.880. The van der Waals surface area contributed by atoms with Crippen LogP contribution >= 0.6 is 0 Å². The molecule has 0 unspecified atom stereocenters. The number of nitrogens with two attached hydrogens (primary N) is 1. The second-order valence-corrected chi connectivity index (χ2v) is 7.92. The van der Waals surface area contributed by atoms with Gasteiger partial charge in [0.1, 0.15) is 23.5 Å². The third-order valence-electron chi connectivity index (χ3n) is 5.59. The number of rotatable bonds is 7. The summed E-state index contributed by atoms with van der Waals surface area (Å²) in [4.78, 5) is 31.9. The number of aromatic nitrogens is 4. The molecular formula is C23H25FN6O. The molecule has 160 valence electrons. The van der Waals surface area contributed by atoms with Gasteiger partial charge >= 0.3 is 0 Å². The molecular weight excluding hydrogens is 395 g/mol. The van der Waals surface area contributed by atoms with Crippen LogP contribution in [0.3, 0.4) is 0 Å². The summed E-state index contributed by atoms with van der Waals surface area (Å²) in [7, 11) is 0. The molecule has 0 bridgehead atoms. The first kappa shape index (κ1) is 20.8. The minimum atomic E-state index is -0.360. The average molecular weight is 420 g/mol. The lowest BCUT2D eigenvalue weighted by Gasteiger charge is -2.24. The van der Waals surface area contributed by atoms with Gasteiger partial charge in [0, 0.05) is 44.0 Å². The van der Waals surface area contributed by atoms with Crippen molar-refractivity contribution in [2.45, 2.75) is 44.6 Å². The summed E-state index contributed by atoms with van der Waals surface area (Å²) < 4.78 is 13.3. The predicted molar refractivity (Wildman–Crippen MR) is 115 cm³/mol. The molecule has 1 aliphatic heterocycles. The Labute approximate surface area is 180 Å². The molecule has 2 atom stereocenters. The molecule has 2 aromatic heterocycles. The molecule has 1 saturated heterocycles. The Morgan fingerprint density at radius 2 is 2.03 bits per heavy atom. The zero-order valence-electron chi connectivity index (χ0n) is 17.4. The lowest BCUT2D eigenvalue weighted by atomic mass is 9.97. The Morgan fingerprint density at radius 3 is 2.74 bits per heavy atom. The monoisotopic (exact) mass is 420 g/mol. The van der Waals surface area contributed by atoms with E-state index in [1.165, 1.54) is 12.1 Å². The summed E-state index contributed by atoms with van der Waals surface area (Å²) in [6.45, 7) is 2.79. The second kappa shape index (κ2) is 9.16. The molecule has 0 aliphatic carbocycles. The lowest BCUT2D eigenvalue weighted by molar-refractivity contribution is -0.119. The number of nitrogens with zero attached hydrogens (tertiary/aromatic N) is 5. The third-order valence-corrected chi connectivity index (χ3v) is 5.59. The molecule has 3 aromatic rings. The SMILES string of the molecule is C[C@H](Cc1nc(Cc2cnccn2)cc(N2CCC[C@H]2C(N)=O)n1)c1ccc(F)cc1. The van der Waals surface area contributed by atoms with Crippen molar-refractivity contribution in [3.8, 4) is 0 Å². The Bertz CT molecular complexity index is 1040. The molecule has 0 spiro atoms. The molecule has 1 amide bonds. The number of hydrogen-bond acceptors (Lipinski definition) is 6. The van der Waals surface area contributed by atoms with E-state index in [9.17, 15) is 9.18 Å². The van der Waals surface area contributed by atoms with Gasteiger partial charge in [0.05, 0.1) is 11.4 Å². The van der Waals surface area contributed by atoms with Crippen molar-refractivity contribution in [2.24, 2.45) is 5.73 Å². The summed E-state index contributed by atoms with van der Waals surface area (Å²) in [5, 5.41) is 0. The largest absolute Gasteiger partial charge is 0.368 e. The molecule has 3 heterocycles.